The summed E-state index contributed by atoms with van der Waals surface area (Å²) in [5, 5.41) is 12.5. The first-order valence-electron chi connectivity index (χ1n) is 6.82. The van der Waals surface area contributed by atoms with Crippen molar-refractivity contribution >= 4 is 5.69 Å². The van der Waals surface area contributed by atoms with Crippen molar-refractivity contribution in [3.63, 3.8) is 0 Å². The largest absolute Gasteiger partial charge is 0.381 e. The Morgan fingerprint density at radius 3 is 2.84 bits per heavy atom. The van der Waals surface area contributed by atoms with E-state index >= 15 is 0 Å². The molecule has 0 aliphatic heterocycles. The third-order valence-corrected chi connectivity index (χ3v) is 4.46. The van der Waals surface area contributed by atoms with Crippen LogP contribution in [-0.2, 0) is 0 Å². The minimum Gasteiger partial charge on any atom is -0.381 e. The Morgan fingerprint density at radius 2 is 2.21 bits per heavy atom. The maximum atomic E-state index is 13.1. The topological polar surface area (TPSA) is 35.8 Å². The zero-order valence-electron chi connectivity index (χ0n) is 10.9. The highest BCUT2D eigenvalue weighted by atomic mass is 19.1. The molecule has 1 fully saturated rings. The number of rotatable bonds is 3. The molecule has 0 amide bonds. The molecule has 2 bridgehead atoms. The van der Waals surface area contributed by atoms with Gasteiger partial charge in [-0.05, 0) is 55.7 Å². The molecule has 1 aromatic rings. The number of fused-ring (bicyclic) bond motifs is 2. The minimum absolute atomic E-state index is 0.303. The number of nitrogens with zero attached hydrogens (tertiary/aromatic N) is 1. The lowest BCUT2D eigenvalue weighted by molar-refractivity contribution is 0.400. The zero-order valence-corrected chi connectivity index (χ0v) is 10.9. The summed E-state index contributed by atoms with van der Waals surface area (Å²) >= 11 is 0. The summed E-state index contributed by atoms with van der Waals surface area (Å²) in [6.45, 7) is 2.16. The van der Waals surface area contributed by atoms with Crippen molar-refractivity contribution in [1.29, 1.82) is 5.26 Å². The molecule has 0 saturated heterocycles. The third-order valence-electron chi connectivity index (χ3n) is 4.46. The molecule has 3 heteroatoms. The number of nitriles is 1. The van der Waals surface area contributed by atoms with Crippen LogP contribution in [-0.4, -0.2) is 6.04 Å². The van der Waals surface area contributed by atoms with E-state index in [1.54, 1.807) is 6.07 Å². The van der Waals surface area contributed by atoms with Crippen molar-refractivity contribution in [3.8, 4) is 6.07 Å². The van der Waals surface area contributed by atoms with Crippen LogP contribution in [0.15, 0.2) is 30.4 Å². The smallest absolute Gasteiger partial charge is 0.124 e. The number of nitrogens with one attached hydrogen (secondary N) is 1. The molecular formula is C16H17FN2. The Hall–Kier alpha value is -1.82. The highest BCUT2D eigenvalue weighted by Gasteiger charge is 2.38. The SMILES string of the molecule is CC(Nc1ccc(F)cc1C#N)C1CC2C=CC1C2. The maximum Gasteiger partial charge on any atom is 0.124 e. The van der Waals surface area contributed by atoms with Gasteiger partial charge in [-0.15, -0.1) is 0 Å². The Labute approximate surface area is 112 Å². The van der Waals surface area contributed by atoms with E-state index in [9.17, 15) is 4.39 Å². The Morgan fingerprint density at radius 1 is 1.37 bits per heavy atom. The summed E-state index contributed by atoms with van der Waals surface area (Å²) in [7, 11) is 0. The Balaban J connectivity index is 1.75. The van der Waals surface area contributed by atoms with Gasteiger partial charge in [-0.3, -0.25) is 0 Å². The molecule has 19 heavy (non-hydrogen) atoms. The monoisotopic (exact) mass is 256 g/mol. The fourth-order valence-electron chi connectivity index (χ4n) is 3.49. The van der Waals surface area contributed by atoms with E-state index in [0.29, 0.717) is 23.4 Å². The van der Waals surface area contributed by atoms with Crippen LogP contribution >= 0.6 is 0 Å². The summed E-state index contributed by atoms with van der Waals surface area (Å²) in [5.41, 5.74) is 1.12. The maximum absolute atomic E-state index is 13.1. The highest BCUT2D eigenvalue weighted by molar-refractivity contribution is 5.58. The predicted octanol–water partition coefficient (Wildman–Crippen LogP) is 3.71. The van der Waals surface area contributed by atoms with Gasteiger partial charge in [0, 0.05) is 6.04 Å². The quantitative estimate of drug-likeness (QED) is 0.837. The highest BCUT2D eigenvalue weighted by Crippen LogP contribution is 2.45. The molecule has 98 valence electrons. The van der Waals surface area contributed by atoms with Gasteiger partial charge in [-0.2, -0.15) is 5.26 Å². The second-order valence-electron chi connectivity index (χ2n) is 5.68. The van der Waals surface area contributed by atoms with E-state index in [0.717, 1.165) is 11.6 Å². The minimum atomic E-state index is -0.363. The summed E-state index contributed by atoms with van der Waals surface area (Å²) in [5.74, 6) is 1.66. The molecule has 0 radical (unpaired) electrons. The number of hydrogen-bond donors (Lipinski definition) is 1. The Bertz CT molecular complexity index is 558. The molecule has 2 aliphatic carbocycles. The summed E-state index contributed by atoms with van der Waals surface area (Å²) in [4.78, 5) is 0. The third kappa shape index (κ3) is 2.23. The number of halogens is 1. The van der Waals surface area contributed by atoms with Crippen molar-refractivity contribution in [3.05, 3.63) is 41.7 Å². The predicted molar refractivity (Wildman–Crippen MR) is 73.0 cm³/mol. The van der Waals surface area contributed by atoms with Gasteiger partial charge in [0.15, 0.2) is 0 Å². The van der Waals surface area contributed by atoms with Crippen LogP contribution in [0.5, 0.6) is 0 Å². The van der Waals surface area contributed by atoms with Crippen molar-refractivity contribution in [2.75, 3.05) is 5.32 Å². The van der Waals surface area contributed by atoms with E-state index in [1.165, 1.54) is 25.0 Å². The first kappa shape index (κ1) is 12.2. The summed E-state index contributed by atoms with van der Waals surface area (Å²) in [6, 6.07) is 6.70. The van der Waals surface area contributed by atoms with E-state index in [-0.39, 0.29) is 5.82 Å². The first-order valence-corrected chi connectivity index (χ1v) is 6.82. The normalized spacial score (nSPS) is 29.2. The van der Waals surface area contributed by atoms with Crippen LogP contribution in [0.3, 0.4) is 0 Å². The Kier molecular flexibility index (Phi) is 3.02. The van der Waals surface area contributed by atoms with E-state index < -0.39 is 0 Å². The second kappa shape index (κ2) is 4.70. The zero-order chi connectivity index (χ0) is 13.4. The summed E-state index contributed by atoms with van der Waals surface area (Å²) in [6.07, 6.45) is 7.14. The van der Waals surface area contributed by atoms with Gasteiger partial charge in [0.2, 0.25) is 0 Å². The molecule has 0 aromatic heterocycles. The molecule has 0 heterocycles. The fraction of sp³-hybridized carbons (Fsp3) is 0.438. The standard InChI is InChI=1S/C16H17FN2/c1-10(15-7-11-2-3-12(15)6-11)19-16-5-4-14(17)8-13(16)9-18/h2-5,8,10-12,15,19H,6-7H2,1H3. The molecule has 0 spiro atoms. The second-order valence-corrected chi connectivity index (χ2v) is 5.68. The van der Waals surface area contributed by atoms with Crippen LogP contribution in [0.1, 0.15) is 25.3 Å². The number of allylic oxidation sites excluding steroid dienone is 2. The van der Waals surface area contributed by atoms with E-state index in [4.69, 9.17) is 5.26 Å². The molecule has 4 atom stereocenters. The van der Waals surface area contributed by atoms with Crippen molar-refractivity contribution < 1.29 is 4.39 Å². The van der Waals surface area contributed by atoms with Crippen molar-refractivity contribution in [2.24, 2.45) is 17.8 Å². The summed E-state index contributed by atoms with van der Waals surface area (Å²) < 4.78 is 13.1. The van der Waals surface area contributed by atoms with Crippen molar-refractivity contribution in [2.45, 2.75) is 25.8 Å². The van der Waals surface area contributed by atoms with Crippen LogP contribution < -0.4 is 5.32 Å². The fourth-order valence-corrected chi connectivity index (χ4v) is 3.49. The van der Waals surface area contributed by atoms with E-state index in [1.807, 2.05) is 6.07 Å². The van der Waals surface area contributed by atoms with Gasteiger partial charge in [-0.1, -0.05) is 12.2 Å². The molecule has 1 N–H and O–H groups in total. The van der Waals surface area contributed by atoms with Gasteiger partial charge < -0.3 is 5.32 Å². The van der Waals surface area contributed by atoms with Crippen LogP contribution in [0.2, 0.25) is 0 Å². The average Bonchev–Trinajstić information content (AvgIpc) is 3.03. The molecule has 4 unspecified atom stereocenters. The van der Waals surface area contributed by atoms with E-state index in [2.05, 4.69) is 24.4 Å². The molecule has 2 aliphatic rings. The molecular weight excluding hydrogens is 239 g/mol. The lowest BCUT2D eigenvalue weighted by atomic mass is 9.87. The molecule has 2 nitrogen and oxygen atoms in total. The lowest BCUT2D eigenvalue weighted by Gasteiger charge is -2.27. The van der Waals surface area contributed by atoms with Gasteiger partial charge in [0.25, 0.3) is 0 Å². The number of anilines is 1. The lowest BCUT2D eigenvalue weighted by Crippen LogP contribution is -2.29. The number of hydrogen-bond acceptors (Lipinski definition) is 2. The molecule has 3 rings (SSSR count). The van der Waals surface area contributed by atoms with Crippen LogP contribution in [0, 0.1) is 34.9 Å². The van der Waals surface area contributed by atoms with Gasteiger partial charge in [0.1, 0.15) is 11.9 Å². The van der Waals surface area contributed by atoms with Crippen LogP contribution in [0.25, 0.3) is 0 Å². The first-order chi connectivity index (χ1) is 9.17. The van der Waals surface area contributed by atoms with Gasteiger partial charge in [0.05, 0.1) is 11.3 Å². The van der Waals surface area contributed by atoms with Gasteiger partial charge in [-0.25, -0.2) is 4.39 Å². The average molecular weight is 256 g/mol. The number of benzene rings is 1. The van der Waals surface area contributed by atoms with Gasteiger partial charge >= 0.3 is 0 Å². The van der Waals surface area contributed by atoms with Crippen LogP contribution in [0.4, 0.5) is 10.1 Å². The molecule has 1 aromatic carbocycles. The van der Waals surface area contributed by atoms with Crippen molar-refractivity contribution in [1.82, 2.24) is 0 Å². The molecule has 1 saturated carbocycles.